The van der Waals surface area contributed by atoms with Gasteiger partial charge >= 0.3 is 0 Å². The summed E-state index contributed by atoms with van der Waals surface area (Å²) in [5.74, 6) is -0.463. The Balaban J connectivity index is 2.38. The molecule has 2 aromatic carbocycles. The van der Waals surface area contributed by atoms with Gasteiger partial charge in [-0.15, -0.1) is 0 Å². The quantitative estimate of drug-likeness (QED) is 0.732. The second-order valence-electron chi connectivity index (χ2n) is 4.68. The van der Waals surface area contributed by atoms with E-state index in [-0.39, 0.29) is 15.5 Å². The average molecular weight is 434 g/mol. The first kappa shape index (κ1) is 18.9. The zero-order valence-corrected chi connectivity index (χ0v) is 15.9. The lowest BCUT2D eigenvalue weighted by Gasteiger charge is -2.16. The van der Waals surface area contributed by atoms with E-state index in [0.29, 0.717) is 14.6 Å². The van der Waals surface area contributed by atoms with E-state index in [1.54, 1.807) is 18.2 Å². The van der Waals surface area contributed by atoms with Gasteiger partial charge in [-0.2, -0.15) is 0 Å². The van der Waals surface area contributed by atoms with Crippen molar-refractivity contribution in [2.45, 2.75) is 4.90 Å². The van der Waals surface area contributed by atoms with Crippen LogP contribution in [0, 0.1) is 0 Å². The van der Waals surface area contributed by atoms with E-state index in [1.165, 1.54) is 32.4 Å². The Morgan fingerprint density at radius 1 is 1.25 bits per heavy atom. The SMILES string of the molecule is CON(C)S(=O)(=O)c1cc(C(=O)Nc2ccccc2Br)ccc1Cl. The highest BCUT2D eigenvalue weighted by Gasteiger charge is 2.25. The molecule has 0 spiro atoms. The number of amides is 1. The Hall–Kier alpha value is -1.45. The van der Waals surface area contributed by atoms with Gasteiger partial charge in [0.05, 0.1) is 17.8 Å². The largest absolute Gasteiger partial charge is 0.321 e. The molecule has 1 amide bonds. The van der Waals surface area contributed by atoms with Crippen LogP contribution < -0.4 is 5.32 Å². The summed E-state index contributed by atoms with van der Waals surface area (Å²) in [6, 6.07) is 11.1. The molecule has 0 fully saturated rings. The molecule has 0 unspecified atom stereocenters. The molecule has 1 N–H and O–H groups in total. The number of carbonyl (C=O) groups is 1. The lowest BCUT2D eigenvalue weighted by atomic mass is 10.2. The van der Waals surface area contributed by atoms with Crippen molar-refractivity contribution in [3.8, 4) is 0 Å². The van der Waals surface area contributed by atoms with Crippen LogP contribution in [0.5, 0.6) is 0 Å². The first-order chi connectivity index (χ1) is 11.3. The highest BCUT2D eigenvalue weighted by Crippen LogP contribution is 2.27. The van der Waals surface area contributed by atoms with Crippen LogP contribution in [-0.2, 0) is 14.9 Å². The van der Waals surface area contributed by atoms with Crippen molar-refractivity contribution in [2.24, 2.45) is 0 Å². The number of anilines is 1. The average Bonchev–Trinajstić information content (AvgIpc) is 2.56. The maximum atomic E-state index is 12.4. The fraction of sp³-hybridized carbons (Fsp3) is 0.133. The van der Waals surface area contributed by atoms with Crippen LogP contribution in [0.2, 0.25) is 5.02 Å². The molecule has 0 aliphatic heterocycles. The number of benzene rings is 2. The molecule has 24 heavy (non-hydrogen) atoms. The van der Waals surface area contributed by atoms with Crippen molar-refractivity contribution >= 4 is 49.1 Å². The van der Waals surface area contributed by atoms with Crippen molar-refractivity contribution in [1.82, 2.24) is 4.47 Å². The summed E-state index contributed by atoms with van der Waals surface area (Å²) in [5, 5.41) is 2.70. The van der Waals surface area contributed by atoms with Gasteiger partial charge in [0, 0.05) is 17.1 Å². The van der Waals surface area contributed by atoms with Crippen molar-refractivity contribution in [3.63, 3.8) is 0 Å². The molecule has 0 aliphatic carbocycles. The number of nitrogens with zero attached hydrogens (tertiary/aromatic N) is 1. The van der Waals surface area contributed by atoms with Gasteiger partial charge in [-0.25, -0.2) is 8.42 Å². The van der Waals surface area contributed by atoms with E-state index in [9.17, 15) is 13.2 Å². The molecule has 0 saturated heterocycles. The minimum atomic E-state index is -3.97. The molecule has 2 rings (SSSR count). The summed E-state index contributed by atoms with van der Waals surface area (Å²) in [6.45, 7) is 0. The molecule has 0 bridgehead atoms. The lowest BCUT2D eigenvalue weighted by molar-refractivity contribution is -0.0258. The van der Waals surface area contributed by atoms with Gasteiger partial charge in [0.15, 0.2) is 0 Å². The van der Waals surface area contributed by atoms with Crippen LogP contribution in [0.15, 0.2) is 51.8 Å². The highest BCUT2D eigenvalue weighted by molar-refractivity contribution is 9.10. The number of sulfonamides is 1. The van der Waals surface area contributed by atoms with Gasteiger partial charge in [-0.3, -0.25) is 9.63 Å². The molecule has 6 nitrogen and oxygen atoms in total. The van der Waals surface area contributed by atoms with Crippen LogP contribution in [0.1, 0.15) is 10.4 Å². The van der Waals surface area contributed by atoms with Crippen molar-refractivity contribution in [1.29, 1.82) is 0 Å². The van der Waals surface area contributed by atoms with Gasteiger partial charge in [0.1, 0.15) is 4.90 Å². The molecule has 0 aromatic heterocycles. The normalized spacial score (nSPS) is 11.5. The third-order valence-corrected chi connectivity index (χ3v) is 6.04. The van der Waals surface area contributed by atoms with Gasteiger partial charge in [0.2, 0.25) is 0 Å². The Kier molecular flexibility index (Phi) is 6.00. The van der Waals surface area contributed by atoms with Crippen molar-refractivity contribution < 1.29 is 18.0 Å². The number of rotatable bonds is 5. The monoisotopic (exact) mass is 432 g/mol. The first-order valence-corrected chi connectivity index (χ1v) is 9.27. The minimum Gasteiger partial charge on any atom is -0.321 e. The van der Waals surface area contributed by atoms with E-state index in [2.05, 4.69) is 21.2 Å². The predicted octanol–water partition coefficient (Wildman–Crippen LogP) is 3.54. The van der Waals surface area contributed by atoms with E-state index in [1.807, 2.05) is 6.07 Å². The summed E-state index contributed by atoms with van der Waals surface area (Å²) in [5.41, 5.74) is 0.717. The molecule has 0 radical (unpaired) electrons. The van der Waals surface area contributed by atoms with E-state index >= 15 is 0 Å². The zero-order valence-electron chi connectivity index (χ0n) is 12.8. The number of para-hydroxylation sites is 1. The molecule has 2 aromatic rings. The summed E-state index contributed by atoms with van der Waals surface area (Å²) < 4.78 is 26.1. The topological polar surface area (TPSA) is 75.7 Å². The number of nitrogens with one attached hydrogen (secondary N) is 1. The van der Waals surface area contributed by atoms with E-state index in [0.717, 1.165) is 0 Å². The molecular formula is C15H14BrClN2O4S. The Morgan fingerprint density at radius 2 is 1.92 bits per heavy atom. The standard InChI is InChI=1S/C15H14BrClN2O4S/c1-19(23-2)24(21,22)14-9-10(7-8-12(14)17)15(20)18-13-6-4-3-5-11(13)16/h3-9H,1-2H3,(H,18,20). The molecule has 0 atom stereocenters. The van der Waals surface area contributed by atoms with Crippen LogP contribution in [-0.4, -0.2) is 33.0 Å². The Morgan fingerprint density at radius 3 is 2.54 bits per heavy atom. The van der Waals surface area contributed by atoms with Crippen molar-refractivity contribution in [3.05, 3.63) is 57.5 Å². The maximum absolute atomic E-state index is 12.4. The minimum absolute atomic E-state index is 0.00339. The van der Waals surface area contributed by atoms with Gasteiger partial charge in [-0.05, 0) is 46.3 Å². The third kappa shape index (κ3) is 3.96. The molecule has 9 heteroatoms. The second kappa shape index (κ2) is 7.62. The molecule has 0 heterocycles. The summed E-state index contributed by atoms with van der Waals surface area (Å²) in [7, 11) is -1.51. The van der Waals surface area contributed by atoms with Crippen LogP contribution in [0.3, 0.4) is 0 Å². The molecule has 0 aliphatic rings. The van der Waals surface area contributed by atoms with Gasteiger partial charge in [0.25, 0.3) is 15.9 Å². The fourth-order valence-corrected chi connectivity index (χ4v) is 3.69. The number of carbonyl (C=O) groups excluding carboxylic acids is 1. The lowest BCUT2D eigenvalue weighted by Crippen LogP contribution is -2.26. The summed E-state index contributed by atoms with van der Waals surface area (Å²) >= 11 is 9.30. The second-order valence-corrected chi connectivity index (χ2v) is 7.84. The van der Waals surface area contributed by atoms with Gasteiger partial charge < -0.3 is 5.32 Å². The maximum Gasteiger partial charge on any atom is 0.266 e. The van der Waals surface area contributed by atoms with Crippen LogP contribution in [0.25, 0.3) is 0 Å². The van der Waals surface area contributed by atoms with Crippen LogP contribution >= 0.6 is 27.5 Å². The summed E-state index contributed by atoms with van der Waals surface area (Å²) in [6.07, 6.45) is 0. The predicted molar refractivity (Wildman–Crippen MR) is 95.5 cm³/mol. The molecule has 0 saturated carbocycles. The van der Waals surface area contributed by atoms with Crippen molar-refractivity contribution in [2.75, 3.05) is 19.5 Å². The smallest absolute Gasteiger partial charge is 0.266 e. The molecular weight excluding hydrogens is 420 g/mol. The number of hydrogen-bond donors (Lipinski definition) is 1. The Bertz CT molecular complexity index is 874. The Labute approximate surface area is 153 Å². The highest BCUT2D eigenvalue weighted by atomic mass is 79.9. The molecule has 128 valence electrons. The summed E-state index contributed by atoms with van der Waals surface area (Å²) in [4.78, 5) is 16.9. The number of hydrogen-bond acceptors (Lipinski definition) is 4. The number of halogens is 2. The van der Waals surface area contributed by atoms with Gasteiger partial charge in [-0.1, -0.05) is 28.2 Å². The van der Waals surface area contributed by atoms with Crippen LogP contribution in [0.4, 0.5) is 5.69 Å². The zero-order chi connectivity index (χ0) is 17.9. The first-order valence-electron chi connectivity index (χ1n) is 6.66. The third-order valence-electron chi connectivity index (χ3n) is 3.19. The van der Waals surface area contributed by atoms with E-state index in [4.69, 9.17) is 16.4 Å². The fourth-order valence-electron chi connectivity index (χ4n) is 1.84. The van der Waals surface area contributed by atoms with E-state index < -0.39 is 15.9 Å². The number of hydroxylamine groups is 1.